The van der Waals surface area contributed by atoms with Gasteiger partial charge in [0.15, 0.2) is 0 Å². The molecule has 1 aromatic carbocycles. The van der Waals surface area contributed by atoms with Gasteiger partial charge in [-0.1, -0.05) is 37.6 Å². The molecule has 0 bridgehead atoms. The van der Waals surface area contributed by atoms with E-state index in [2.05, 4.69) is 5.32 Å². The zero-order valence-electron chi connectivity index (χ0n) is 15.0. The van der Waals surface area contributed by atoms with Gasteiger partial charge in [0.25, 0.3) is 0 Å². The summed E-state index contributed by atoms with van der Waals surface area (Å²) in [6.45, 7) is 3.22. The molecule has 1 aromatic rings. The molecule has 0 aromatic heterocycles. The Labute approximate surface area is 150 Å². The standard InChI is InChI=1S/C18H28N2O4S/c1-3-12-25(22,23)20-11-5-4-6-17(20)18(21)19-13-15-7-9-16(10-8-15)14-24-2/h7-10,17H,3-6,11-14H2,1-2H3,(H,19,21). The Morgan fingerprint density at radius 1 is 1.24 bits per heavy atom. The lowest BCUT2D eigenvalue weighted by Crippen LogP contribution is -2.52. The van der Waals surface area contributed by atoms with Crippen LogP contribution in [-0.2, 0) is 32.7 Å². The molecule has 0 saturated carbocycles. The van der Waals surface area contributed by atoms with Crippen LogP contribution in [0.1, 0.15) is 43.7 Å². The number of nitrogens with zero attached hydrogens (tertiary/aromatic N) is 1. The molecule has 6 nitrogen and oxygen atoms in total. The second-order valence-electron chi connectivity index (χ2n) is 6.41. The first-order valence-corrected chi connectivity index (χ1v) is 10.4. The number of amides is 1. The predicted molar refractivity (Wildman–Crippen MR) is 97.4 cm³/mol. The van der Waals surface area contributed by atoms with Crippen molar-refractivity contribution in [2.24, 2.45) is 0 Å². The van der Waals surface area contributed by atoms with Gasteiger partial charge in [0, 0.05) is 20.2 Å². The number of hydrogen-bond acceptors (Lipinski definition) is 4. The van der Waals surface area contributed by atoms with Gasteiger partial charge in [-0.25, -0.2) is 8.42 Å². The summed E-state index contributed by atoms with van der Waals surface area (Å²) in [4.78, 5) is 12.6. The number of carbonyl (C=O) groups excluding carboxylic acids is 1. The highest BCUT2D eigenvalue weighted by Crippen LogP contribution is 2.21. The van der Waals surface area contributed by atoms with Gasteiger partial charge in [-0.3, -0.25) is 4.79 Å². The zero-order valence-corrected chi connectivity index (χ0v) is 15.8. The molecule has 0 radical (unpaired) electrons. The van der Waals surface area contributed by atoms with E-state index < -0.39 is 16.1 Å². The lowest BCUT2D eigenvalue weighted by atomic mass is 10.0. The summed E-state index contributed by atoms with van der Waals surface area (Å²) in [6.07, 6.45) is 2.83. The predicted octanol–water partition coefficient (Wildman–Crippen LogP) is 2.04. The third-order valence-electron chi connectivity index (χ3n) is 4.38. The lowest BCUT2D eigenvalue weighted by molar-refractivity contribution is -0.125. The highest BCUT2D eigenvalue weighted by molar-refractivity contribution is 7.89. The molecule has 1 unspecified atom stereocenters. The molecule has 0 aliphatic carbocycles. The molecule has 1 aliphatic rings. The van der Waals surface area contributed by atoms with Crippen molar-refractivity contribution in [2.45, 2.75) is 51.8 Å². The van der Waals surface area contributed by atoms with Crippen LogP contribution in [0.5, 0.6) is 0 Å². The molecule has 0 spiro atoms. The fourth-order valence-electron chi connectivity index (χ4n) is 3.10. The quantitative estimate of drug-likeness (QED) is 0.762. The Hall–Kier alpha value is -1.44. The van der Waals surface area contributed by atoms with Gasteiger partial charge in [-0.15, -0.1) is 0 Å². The largest absolute Gasteiger partial charge is 0.380 e. The fraction of sp³-hybridized carbons (Fsp3) is 0.611. The number of piperidine rings is 1. The van der Waals surface area contributed by atoms with Crippen LogP contribution in [0.2, 0.25) is 0 Å². The van der Waals surface area contributed by atoms with Gasteiger partial charge in [-0.05, 0) is 30.4 Å². The Kier molecular flexibility index (Phi) is 7.40. The lowest BCUT2D eigenvalue weighted by Gasteiger charge is -2.33. The van der Waals surface area contributed by atoms with E-state index >= 15 is 0 Å². The molecular weight excluding hydrogens is 340 g/mol. The molecule has 25 heavy (non-hydrogen) atoms. The van der Waals surface area contributed by atoms with Crippen molar-refractivity contribution < 1.29 is 17.9 Å². The van der Waals surface area contributed by atoms with Gasteiger partial charge in [0.2, 0.25) is 15.9 Å². The summed E-state index contributed by atoms with van der Waals surface area (Å²) in [6, 6.07) is 7.23. The second kappa shape index (κ2) is 9.31. The average Bonchev–Trinajstić information content (AvgIpc) is 2.61. The number of sulfonamides is 1. The van der Waals surface area contributed by atoms with Crippen molar-refractivity contribution in [1.82, 2.24) is 9.62 Å². The molecule has 1 amide bonds. The fourth-order valence-corrected chi connectivity index (χ4v) is 4.85. The van der Waals surface area contributed by atoms with E-state index in [9.17, 15) is 13.2 Å². The average molecular weight is 368 g/mol. The van der Waals surface area contributed by atoms with Crippen molar-refractivity contribution >= 4 is 15.9 Å². The van der Waals surface area contributed by atoms with E-state index in [4.69, 9.17) is 4.74 Å². The monoisotopic (exact) mass is 368 g/mol. The number of carbonyl (C=O) groups is 1. The summed E-state index contributed by atoms with van der Waals surface area (Å²) in [7, 11) is -1.71. The molecule has 1 saturated heterocycles. The molecule has 1 aliphatic heterocycles. The van der Waals surface area contributed by atoms with E-state index in [-0.39, 0.29) is 11.7 Å². The summed E-state index contributed by atoms with van der Waals surface area (Å²) in [5, 5.41) is 2.89. The number of nitrogens with one attached hydrogen (secondary N) is 1. The van der Waals surface area contributed by atoms with Gasteiger partial charge >= 0.3 is 0 Å². The maximum atomic E-state index is 12.6. The van der Waals surface area contributed by atoms with Crippen molar-refractivity contribution in [2.75, 3.05) is 19.4 Å². The van der Waals surface area contributed by atoms with Crippen LogP contribution in [0.4, 0.5) is 0 Å². The van der Waals surface area contributed by atoms with E-state index in [1.165, 1.54) is 4.31 Å². The Bertz CT molecular complexity index is 658. The minimum Gasteiger partial charge on any atom is -0.380 e. The molecule has 1 atom stereocenters. The number of benzene rings is 1. The normalized spacial score (nSPS) is 18.9. The zero-order chi connectivity index (χ0) is 18.3. The van der Waals surface area contributed by atoms with Gasteiger partial charge in [0.1, 0.15) is 6.04 Å². The molecule has 2 rings (SSSR count). The van der Waals surface area contributed by atoms with Crippen LogP contribution < -0.4 is 5.32 Å². The molecule has 1 fully saturated rings. The van der Waals surface area contributed by atoms with Crippen LogP contribution in [0.3, 0.4) is 0 Å². The minimum absolute atomic E-state index is 0.0950. The van der Waals surface area contributed by atoms with Crippen molar-refractivity contribution in [3.8, 4) is 0 Å². The minimum atomic E-state index is -3.36. The highest BCUT2D eigenvalue weighted by atomic mass is 32.2. The number of ether oxygens (including phenoxy) is 1. The van der Waals surface area contributed by atoms with Gasteiger partial charge in [0.05, 0.1) is 12.4 Å². The first-order valence-electron chi connectivity index (χ1n) is 8.82. The van der Waals surface area contributed by atoms with Crippen molar-refractivity contribution in [3.05, 3.63) is 35.4 Å². The third-order valence-corrected chi connectivity index (χ3v) is 6.45. The Morgan fingerprint density at radius 3 is 2.56 bits per heavy atom. The first kappa shape index (κ1) is 19.9. The van der Waals surface area contributed by atoms with Gasteiger partial charge in [-0.2, -0.15) is 4.31 Å². The second-order valence-corrected chi connectivity index (χ2v) is 8.45. The van der Waals surface area contributed by atoms with Gasteiger partial charge < -0.3 is 10.1 Å². The summed E-state index contributed by atoms with van der Waals surface area (Å²) >= 11 is 0. The molecule has 1 N–H and O–H groups in total. The van der Waals surface area contributed by atoms with Crippen LogP contribution in [0.15, 0.2) is 24.3 Å². The first-order chi connectivity index (χ1) is 12.0. The summed E-state index contributed by atoms with van der Waals surface area (Å²) < 4.78 is 31.3. The molecule has 1 heterocycles. The van der Waals surface area contributed by atoms with E-state index in [0.29, 0.717) is 32.5 Å². The molecule has 140 valence electrons. The third kappa shape index (κ3) is 5.52. The molecular formula is C18H28N2O4S. The van der Waals surface area contributed by atoms with E-state index in [1.807, 2.05) is 31.2 Å². The van der Waals surface area contributed by atoms with Crippen LogP contribution in [-0.4, -0.2) is 44.1 Å². The van der Waals surface area contributed by atoms with Crippen LogP contribution in [0, 0.1) is 0 Å². The highest BCUT2D eigenvalue weighted by Gasteiger charge is 2.35. The van der Waals surface area contributed by atoms with Crippen molar-refractivity contribution in [1.29, 1.82) is 0 Å². The smallest absolute Gasteiger partial charge is 0.238 e. The maximum Gasteiger partial charge on any atom is 0.238 e. The van der Waals surface area contributed by atoms with E-state index in [0.717, 1.165) is 24.0 Å². The maximum absolute atomic E-state index is 12.6. The summed E-state index contributed by atoms with van der Waals surface area (Å²) in [5.41, 5.74) is 2.05. The molecule has 7 heteroatoms. The Balaban J connectivity index is 1.98. The Morgan fingerprint density at radius 2 is 1.92 bits per heavy atom. The van der Waals surface area contributed by atoms with Crippen LogP contribution >= 0.6 is 0 Å². The topological polar surface area (TPSA) is 75.7 Å². The van der Waals surface area contributed by atoms with Crippen molar-refractivity contribution in [3.63, 3.8) is 0 Å². The SMILES string of the molecule is CCCS(=O)(=O)N1CCCCC1C(=O)NCc1ccc(COC)cc1. The number of rotatable bonds is 8. The van der Waals surface area contributed by atoms with E-state index in [1.54, 1.807) is 7.11 Å². The number of methoxy groups -OCH3 is 1. The number of hydrogen-bond donors (Lipinski definition) is 1. The van der Waals surface area contributed by atoms with Crippen LogP contribution in [0.25, 0.3) is 0 Å². The summed E-state index contributed by atoms with van der Waals surface area (Å²) in [5.74, 6) is -0.113.